The quantitative estimate of drug-likeness (QED) is 0.688. The number of rotatable bonds is 6. The summed E-state index contributed by atoms with van der Waals surface area (Å²) in [5, 5.41) is 7.31. The minimum Gasteiger partial charge on any atom is -0.493 e. The van der Waals surface area contributed by atoms with Gasteiger partial charge in [0.05, 0.1) is 31.3 Å². The van der Waals surface area contributed by atoms with Crippen molar-refractivity contribution in [2.45, 2.75) is 26.4 Å². The van der Waals surface area contributed by atoms with Crippen molar-refractivity contribution in [1.29, 1.82) is 0 Å². The van der Waals surface area contributed by atoms with Gasteiger partial charge in [0.2, 0.25) is 0 Å². The number of carbonyl (C=O) groups excluding carboxylic acids is 1. The third kappa shape index (κ3) is 3.76. The van der Waals surface area contributed by atoms with Crippen LogP contribution in [0, 0.1) is 0 Å². The number of ether oxygens (including phenoxy) is 3. The average molecular weight is 393 g/mol. The van der Waals surface area contributed by atoms with Gasteiger partial charge >= 0.3 is 0 Å². The molecule has 3 aromatic rings. The first-order valence-corrected chi connectivity index (χ1v) is 9.55. The molecule has 0 spiro atoms. The molecule has 29 heavy (non-hydrogen) atoms. The largest absolute Gasteiger partial charge is 0.493 e. The first kappa shape index (κ1) is 18.9. The predicted octanol–water partition coefficient (Wildman–Crippen LogP) is 3.86. The first-order chi connectivity index (χ1) is 14.1. The lowest BCUT2D eigenvalue weighted by Gasteiger charge is -2.13. The molecule has 0 aliphatic carbocycles. The molecule has 0 saturated carbocycles. The van der Waals surface area contributed by atoms with Gasteiger partial charge in [0.1, 0.15) is 17.6 Å². The molecule has 1 atom stereocenters. The van der Waals surface area contributed by atoms with Crippen molar-refractivity contribution in [3.63, 3.8) is 0 Å². The van der Waals surface area contributed by atoms with Gasteiger partial charge in [-0.1, -0.05) is 18.2 Å². The van der Waals surface area contributed by atoms with E-state index in [2.05, 4.69) is 10.4 Å². The van der Waals surface area contributed by atoms with Crippen molar-refractivity contribution in [1.82, 2.24) is 9.78 Å². The molecule has 150 valence electrons. The monoisotopic (exact) mass is 393 g/mol. The summed E-state index contributed by atoms with van der Waals surface area (Å²) in [5.74, 6) is 1.37. The molecular weight excluding hydrogens is 370 g/mol. The van der Waals surface area contributed by atoms with Gasteiger partial charge < -0.3 is 19.5 Å². The van der Waals surface area contributed by atoms with Crippen molar-refractivity contribution in [3.05, 3.63) is 59.9 Å². The molecule has 1 unspecified atom stereocenters. The van der Waals surface area contributed by atoms with E-state index in [1.165, 1.54) is 7.11 Å². The fraction of sp³-hybridized carbons (Fsp3) is 0.273. The van der Waals surface area contributed by atoms with Crippen molar-refractivity contribution < 1.29 is 19.0 Å². The molecular formula is C22H23N3O4. The van der Waals surface area contributed by atoms with Crippen LogP contribution < -0.4 is 19.5 Å². The number of benzene rings is 2. The molecule has 1 amide bonds. The van der Waals surface area contributed by atoms with Crippen LogP contribution in [0.25, 0.3) is 5.69 Å². The highest BCUT2D eigenvalue weighted by Crippen LogP contribution is 2.38. The highest BCUT2D eigenvalue weighted by molar-refractivity contribution is 6.05. The number of nitrogens with one attached hydrogen (secondary N) is 1. The standard InChI is InChI=1S/C22H23N3O4/c1-4-28-19-11-15-10-14(2)29-18(15)12-17(19)23-22(26)21-20(27-3)13-25(24-21)16-8-6-5-7-9-16/h5-9,11-14H,4,10H2,1-3H3,(H,23,26). The van der Waals surface area contributed by atoms with E-state index in [0.717, 1.165) is 23.4 Å². The van der Waals surface area contributed by atoms with E-state index in [9.17, 15) is 4.79 Å². The van der Waals surface area contributed by atoms with E-state index in [1.54, 1.807) is 10.9 Å². The molecule has 0 fully saturated rings. The number of para-hydroxylation sites is 1. The van der Waals surface area contributed by atoms with Crippen LogP contribution in [0.2, 0.25) is 0 Å². The summed E-state index contributed by atoms with van der Waals surface area (Å²) >= 11 is 0. The Bertz CT molecular complexity index is 1030. The van der Waals surface area contributed by atoms with Gasteiger partial charge in [0.15, 0.2) is 11.4 Å². The Morgan fingerprint density at radius 1 is 1.28 bits per heavy atom. The molecule has 2 heterocycles. The average Bonchev–Trinajstić information content (AvgIpc) is 3.31. The Labute approximate surface area is 169 Å². The fourth-order valence-electron chi connectivity index (χ4n) is 3.37. The maximum absolute atomic E-state index is 13.0. The predicted molar refractivity (Wildman–Crippen MR) is 109 cm³/mol. The van der Waals surface area contributed by atoms with E-state index in [4.69, 9.17) is 14.2 Å². The number of nitrogens with zero attached hydrogens (tertiary/aromatic N) is 2. The Morgan fingerprint density at radius 2 is 2.07 bits per heavy atom. The van der Waals surface area contributed by atoms with Crippen molar-refractivity contribution in [3.8, 4) is 22.9 Å². The van der Waals surface area contributed by atoms with E-state index in [0.29, 0.717) is 23.8 Å². The highest BCUT2D eigenvalue weighted by atomic mass is 16.5. The second-order valence-corrected chi connectivity index (χ2v) is 6.80. The normalized spacial score (nSPS) is 14.8. The molecule has 1 aromatic heterocycles. The Hall–Kier alpha value is -3.48. The number of hydrogen-bond acceptors (Lipinski definition) is 5. The second kappa shape index (κ2) is 7.87. The van der Waals surface area contributed by atoms with Crippen LogP contribution in [0.15, 0.2) is 48.7 Å². The summed E-state index contributed by atoms with van der Waals surface area (Å²) in [6, 6.07) is 13.3. The van der Waals surface area contributed by atoms with Crippen molar-refractivity contribution in [2.75, 3.05) is 19.0 Å². The number of aromatic nitrogens is 2. The highest BCUT2D eigenvalue weighted by Gasteiger charge is 2.24. The van der Waals surface area contributed by atoms with Gasteiger partial charge in [-0.05, 0) is 32.0 Å². The molecule has 0 saturated heterocycles. The molecule has 7 nitrogen and oxygen atoms in total. The summed E-state index contributed by atoms with van der Waals surface area (Å²) in [6.07, 6.45) is 2.60. The number of amides is 1. The summed E-state index contributed by atoms with van der Waals surface area (Å²) in [5.41, 5.74) is 2.64. The summed E-state index contributed by atoms with van der Waals surface area (Å²) in [4.78, 5) is 13.0. The van der Waals surface area contributed by atoms with Crippen LogP contribution >= 0.6 is 0 Å². The zero-order valence-corrected chi connectivity index (χ0v) is 16.6. The van der Waals surface area contributed by atoms with Gasteiger partial charge in [-0.25, -0.2) is 4.68 Å². The molecule has 4 rings (SSSR count). The van der Waals surface area contributed by atoms with Crippen LogP contribution in [0.1, 0.15) is 29.9 Å². The number of anilines is 1. The van der Waals surface area contributed by atoms with E-state index in [1.807, 2.05) is 56.3 Å². The number of methoxy groups -OCH3 is 1. The minimum atomic E-state index is -0.386. The number of hydrogen-bond donors (Lipinski definition) is 1. The van der Waals surface area contributed by atoms with Crippen LogP contribution in [-0.2, 0) is 6.42 Å². The Balaban J connectivity index is 1.65. The molecule has 0 radical (unpaired) electrons. The van der Waals surface area contributed by atoms with Gasteiger partial charge in [-0.2, -0.15) is 5.10 Å². The number of carbonyl (C=O) groups is 1. The molecule has 1 aliphatic rings. The van der Waals surface area contributed by atoms with Gasteiger partial charge in [0, 0.05) is 18.1 Å². The van der Waals surface area contributed by atoms with Gasteiger partial charge in [-0.3, -0.25) is 4.79 Å². The lowest BCUT2D eigenvalue weighted by Crippen LogP contribution is -2.15. The van der Waals surface area contributed by atoms with Crippen molar-refractivity contribution >= 4 is 11.6 Å². The maximum atomic E-state index is 13.0. The summed E-state index contributed by atoms with van der Waals surface area (Å²) in [7, 11) is 1.51. The summed E-state index contributed by atoms with van der Waals surface area (Å²) < 4.78 is 18.5. The van der Waals surface area contributed by atoms with Crippen LogP contribution in [0.3, 0.4) is 0 Å². The molecule has 1 aliphatic heterocycles. The zero-order chi connectivity index (χ0) is 20.4. The molecule has 7 heteroatoms. The van der Waals surface area contributed by atoms with E-state index < -0.39 is 0 Å². The van der Waals surface area contributed by atoms with Crippen molar-refractivity contribution in [2.24, 2.45) is 0 Å². The topological polar surface area (TPSA) is 74.6 Å². The lowest BCUT2D eigenvalue weighted by molar-refractivity contribution is 0.101. The third-order valence-electron chi connectivity index (χ3n) is 4.68. The fourth-order valence-corrected chi connectivity index (χ4v) is 3.37. The Kier molecular flexibility index (Phi) is 5.12. The third-order valence-corrected chi connectivity index (χ3v) is 4.68. The lowest BCUT2D eigenvalue weighted by atomic mass is 10.1. The molecule has 1 N–H and O–H groups in total. The SMILES string of the molecule is CCOc1cc2c(cc1NC(=O)c1nn(-c3ccccc3)cc1OC)OC(C)C2. The molecule has 0 bridgehead atoms. The summed E-state index contributed by atoms with van der Waals surface area (Å²) in [6.45, 7) is 4.41. The van der Waals surface area contributed by atoms with Crippen LogP contribution in [0.5, 0.6) is 17.2 Å². The molecule has 2 aromatic carbocycles. The first-order valence-electron chi connectivity index (χ1n) is 9.55. The van der Waals surface area contributed by atoms with Crippen LogP contribution in [0.4, 0.5) is 5.69 Å². The van der Waals surface area contributed by atoms with E-state index >= 15 is 0 Å². The maximum Gasteiger partial charge on any atom is 0.280 e. The number of fused-ring (bicyclic) bond motifs is 1. The van der Waals surface area contributed by atoms with E-state index in [-0.39, 0.29) is 17.7 Å². The van der Waals surface area contributed by atoms with Gasteiger partial charge in [0.25, 0.3) is 5.91 Å². The second-order valence-electron chi connectivity index (χ2n) is 6.80. The Morgan fingerprint density at radius 3 is 2.79 bits per heavy atom. The zero-order valence-electron chi connectivity index (χ0n) is 16.6. The van der Waals surface area contributed by atoms with Crippen LogP contribution in [-0.4, -0.2) is 35.5 Å². The van der Waals surface area contributed by atoms with Gasteiger partial charge in [-0.15, -0.1) is 0 Å². The smallest absolute Gasteiger partial charge is 0.280 e. The minimum absolute atomic E-state index is 0.104.